The van der Waals surface area contributed by atoms with E-state index in [-0.39, 0.29) is 128 Å². The molecule has 0 unspecified atom stereocenters. The van der Waals surface area contributed by atoms with Gasteiger partial charge < -0.3 is 32.2 Å². The van der Waals surface area contributed by atoms with Gasteiger partial charge in [0.2, 0.25) is 0 Å². The van der Waals surface area contributed by atoms with Crippen molar-refractivity contribution in [1.82, 2.24) is 0 Å². The summed E-state index contributed by atoms with van der Waals surface area (Å²) in [5, 5.41) is 20.6. The van der Waals surface area contributed by atoms with Gasteiger partial charge in [0.15, 0.2) is 0 Å². The fraction of sp³-hybridized carbons (Fsp3) is 0. The van der Waals surface area contributed by atoms with Crippen LogP contribution in [-0.4, -0.2) is 57.4 Å². The quantitative estimate of drug-likeness (QED) is 0.504. The van der Waals surface area contributed by atoms with Crippen LogP contribution >= 0.6 is 0 Å². The van der Waals surface area contributed by atoms with Gasteiger partial charge in [0, 0.05) is 11.1 Å². The molecular formula is C8H4ClNa2O4Sr+. The van der Waals surface area contributed by atoms with Gasteiger partial charge in [-0.25, -0.2) is 0 Å². The molecule has 0 saturated heterocycles. The molecule has 0 N–H and O–H groups in total. The second-order valence-corrected chi connectivity index (χ2v) is 2.12. The Morgan fingerprint density at radius 3 is 1.31 bits per heavy atom. The van der Waals surface area contributed by atoms with Gasteiger partial charge in [-0.2, -0.15) is 0 Å². The van der Waals surface area contributed by atoms with Crippen molar-refractivity contribution in [2.24, 2.45) is 0 Å². The molecule has 8 heteroatoms. The molecule has 0 spiro atoms. The van der Waals surface area contributed by atoms with Crippen molar-refractivity contribution in [1.29, 1.82) is 0 Å². The molecular weight excluding hydrogens is 329 g/mol. The molecule has 1 aromatic carbocycles. The minimum absolute atomic E-state index is 0. The maximum atomic E-state index is 10.3. The molecule has 70 valence electrons. The average Bonchev–Trinajstić information content (AvgIpc) is 2.04. The molecule has 16 heavy (non-hydrogen) atoms. The summed E-state index contributed by atoms with van der Waals surface area (Å²) < 4.78 is 0. The largest absolute Gasteiger partial charge is 2.00 e. The zero-order valence-electron chi connectivity index (χ0n) is 9.03. The topological polar surface area (TPSA) is 80.3 Å². The molecule has 0 aliphatic heterocycles. The summed E-state index contributed by atoms with van der Waals surface area (Å²) in [6.45, 7) is 0. The summed E-state index contributed by atoms with van der Waals surface area (Å²) in [6.07, 6.45) is 0. The van der Waals surface area contributed by atoms with Crippen molar-refractivity contribution in [2.75, 3.05) is 0 Å². The molecule has 0 aliphatic carbocycles. The number of carbonyl (C=O) groups is 2. The van der Waals surface area contributed by atoms with E-state index in [9.17, 15) is 19.8 Å². The molecule has 0 atom stereocenters. The van der Waals surface area contributed by atoms with Crippen LogP contribution in [0.15, 0.2) is 24.3 Å². The van der Waals surface area contributed by atoms with Crippen molar-refractivity contribution >= 4 is 57.4 Å². The number of hydrogen-bond donors (Lipinski definition) is 0. The summed E-state index contributed by atoms with van der Waals surface area (Å²) in [6, 6.07) is 5.14. The van der Waals surface area contributed by atoms with Gasteiger partial charge in [-0.05, 0) is 0 Å². The maximum Gasteiger partial charge on any atom is 2.00 e. The van der Waals surface area contributed by atoms with E-state index in [4.69, 9.17) is 0 Å². The molecule has 4 nitrogen and oxygen atoms in total. The van der Waals surface area contributed by atoms with E-state index in [0.717, 1.165) is 12.1 Å². The van der Waals surface area contributed by atoms with Crippen LogP contribution in [0.4, 0.5) is 0 Å². The fourth-order valence-electron chi connectivity index (χ4n) is 0.839. The van der Waals surface area contributed by atoms with Gasteiger partial charge in [0.1, 0.15) is 0 Å². The fourth-order valence-corrected chi connectivity index (χ4v) is 0.839. The summed E-state index contributed by atoms with van der Waals surface area (Å²) in [7, 11) is 0. The number of carboxylic acids is 2. The minimum atomic E-state index is -1.52. The normalized spacial score (nSPS) is 7.00. The Hall–Kier alpha value is 1.93. The second kappa shape index (κ2) is 13.4. The van der Waals surface area contributed by atoms with E-state index in [1.807, 2.05) is 0 Å². The third-order valence-corrected chi connectivity index (χ3v) is 1.37. The SMILES string of the molecule is O=C([O-])c1ccccc1C(=O)[O-].[Cl-].[Na+].[Na+].[Sr+2]. The first-order valence-electron chi connectivity index (χ1n) is 3.14. The number of rotatable bonds is 2. The molecule has 0 aromatic heterocycles. The van der Waals surface area contributed by atoms with Gasteiger partial charge in [0.05, 0.1) is 11.9 Å². The molecule has 0 aliphatic rings. The van der Waals surface area contributed by atoms with E-state index in [0.29, 0.717) is 0 Å². The standard InChI is InChI=1S/C8H6O4.ClH.2Na.Sr/c9-7(10)5-3-1-2-4-6(5)8(11)12;;;;/h1-4H,(H,9,10)(H,11,12);1H;;;/q;;2*+1;+2/p-3. The molecule has 1 rings (SSSR count). The van der Waals surface area contributed by atoms with E-state index in [1.54, 1.807) is 0 Å². The molecule has 0 radical (unpaired) electrons. The van der Waals surface area contributed by atoms with Crippen LogP contribution in [0.2, 0.25) is 0 Å². The van der Waals surface area contributed by atoms with Crippen LogP contribution in [0.1, 0.15) is 20.7 Å². The number of halogens is 1. The summed E-state index contributed by atoms with van der Waals surface area (Å²) in [5.74, 6) is -3.04. The minimum Gasteiger partial charge on any atom is -1.00 e. The summed E-state index contributed by atoms with van der Waals surface area (Å²) in [4.78, 5) is 20.6. The first-order chi connectivity index (χ1) is 5.63. The van der Waals surface area contributed by atoms with Crippen molar-refractivity contribution in [3.63, 3.8) is 0 Å². The molecule has 1 aromatic rings. The number of benzene rings is 1. The smallest absolute Gasteiger partial charge is 1.00 e. The van der Waals surface area contributed by atoms with E-state index < -0.39 is 11.9 Å². The Morgan fingerprint density at radius 1 is 0.875 bits per heavy atom. The van der Waals surface area contributed by atoms with Gasteiger partial charge in [-0.3, -0.25) is 0 Å². The van der Waals surface area contributed by atoms with Gasteiger partial charge in [-0.1, -0.05) is 24.3 Å². The van der Waals surface area contributed by atoms with E-state index in [2.05, 4.69) is 0 Å². The molecule has 0 saturated carbocycles. The first kappa shape index (κ1) is 26.5. The average molecular weight is 333 g/mol. The number of carboxylic acid groups (broad SMARTS) is 2. The van der Waals surface area contributed by atoms with Crippen LogP contribution in [-0.2, 0) is 0 Å². The van der Waals surface area contributed by atoms with Gasteiger partial charge in [0.25, 0.3) is 0 Å². The van der Waals surface area contributed by atoms with Crippen LogP contribution in [0, 0.1) is 0 Å². The first-order valence-corrected chi connectivity index (χ1v) is 3.14. The number of hydrogen-bond acceptors (Lipinski definition) is 4. The Labute approximate surface area is 180 Å². The van der Waals surface area contributed by atoms with Gasteiger partial charge >= 0.3 is 105 Å². The van der Waals surface area contributed by atoms with Crippen LogP contribution in [0.3, 0.4) is 0 Å². The molecule has 0 amide bonds. The number of carbonyl (C=O) groups excluding carboxylic acids is 2. The maximum absolute atomic E-state index is 10.3. The third-order valence-electron chi connectivity index (χ3n) is 1.37. The van der Waals surface area contributed by atoms with Crippen LogP contribution in [0.5, 0.6) is 0 Å². The van der Waals surface area contributed by atoms with Crippen molar-refractivity contribution in [3.05, 3.63) is 35.4 Å². The second-order valence-electron chi connectivity index (χ2n) is 2.12. The zero-order valence-corrected chi connectivity index (χ0v) is 17.3. The predicted molar refractivity (Wildman–Crippen MR) is 40.9 cm³/mol. The molecule has 0 heterocycles. The summed E-state index contributed by atoms with van der Waals surface area (Å²) >= 11 is 0. The van der Waals surface area contributed by atoms with Crippen LogP contribution < -0.4 is 81.7 Å². The van der Waals surface area contributed by atoms with E-state index >= 15 is 0 Å². The van der Waals surface area contributed by atoms with Crippen molar-refractivity contribution in [2.45, 2.75) is 0 Å². The Bertz CT molecular complexity index is 316. The van der Waals surface area contributed by atoms with Crippen molar-refractivity contribution < 1.29 is 91.3 Å². The Balaban J connectivity index is -0.000000180. The van der Waals surface area contributed by atoms with Gasteiger partial charge in [-0.15, -0.1) is 0 Å². The van der Waals surface area contributed by atoms with Crippen LogP contribution in [0.25, 0.3) is 0 Å². The Morgan fingerprint density at radius 2 is 1.12 bits per heavy atom. The van der Waals surface area contributed by atoms with Crippen molar-refractivity contribution in [3.8, 4) is 0 Å². The molecule has 0 fully saturated rings. The number of aromatic carboxylic acids is 2. The molecule has 0 bridgehead atoms. The zero-order chi connectivity index (χ0) is 9.14. The predicted octanol–water partition coefficient (Wildman–Crippen LogP) is -11.0. The van der Waals surface area contributed by atoms with E-state index in [1.165, 1.54) is 12.1 Å². The monoisotopic (exact) mass is 333 g/mol. The summed E-state index contributed by atoms with van der Waals surface area (Å²) in [5.41, 5.74) is -0.727. The Kier molecular flexibility index (Phi) is 22.1. The third kappa shape index (κ3) is 8.11.